The van der Waals surface area contributed by atoms with E-state index in [0.29, 0.717) is 6.54 Å². The SMILES string of the molecule is COc1ccc(CNC(=O)C2CC[NH2+]CC2)cc1. The van der Waals surface area contributed by atoms with Crippen LogP contribution in [0.25, 0.3) is 0 Å². The van der Waals surface area contributed by atoms with Gasteiger partial charge in [0.05, 0.1) is 20.2 Å². The van der Waals surface area contributed by atoms with Gasteiger partial charge in [0, 0.05) is 25.3 Å². The van der Waals surface area contributed by atoms with Crippen molar-refractivity contribution in [3.05, 3.63) is 29.8 Å². The number of carbonyl (C=O) groups excluding carboxylic acids is 1. The van der Waals surface area contributed by atoms with Crippen molar-refractivity contribution in [2.45, 2.75) is 19.4 Å². The minimum Gasteiger partial charge on any atom is -0.497 e. The smallest absolute Gasteiger partial charge is 0.223 e. The molecule has 1 aromatic rings. The van der Waals surface area contributed by atoms with Crippen molar-refractivity contribution in [1.82, 2.24) is 5.32 Å². The summed E-state index contributed by atoms with van der Waals surface area (Å²) in [6.45, 7) is 2.74. The minimum atomic E-state index is 0.193. The third-order valence-corrected chi connectivity index (χ3v) is 3.44. The fourth-order valence-electron chi connectivity index (χ4n) is 2.27. The Balaban J connectivity index is 1.80. The van der Waals surface area contributed by atoms with Crippen molar-refractivity contribution >= 4 is 5.91 Å². The zero-order valence-corrected chi connectivity index (χ0v) is 10.8. The van der Waals surface area contributed by atoms with E-state index in [9.17, 15) is 4.79 Å². The number of nitrogens with two attached hydrogens (primary N) is 1. The van der Waals surface area contributed by atoms with Gasteiger partial charge >= 0.3 is 0 Å². The molecule has 1 fully saturated rings. The molecular formula is C14H21N2O2+. The Kier molecular flexibility index (Phi) is 4.59. The first-order valence-corrected chi connectivity index (χ1v) is 6.52. The van der Waals surface area contributed by atoms with Crippen molar-refractivity contribution in [2.75, 3.05) is 20.2 Å². The third-order valence-electron chi connectivity index (χ3n) is 3.44. The average molecular weight is 249 g/mol. The van der Waals surface area contributed by atoms with Crippen molar-refractivity contribution < 1.29 is 14.8 Å². The van der Waals surface area contributed by atoms with Crippen LogP contribution < -0.4 is 15.4 Å². The van der Waals surface area contributed by atoms with E-state index in [0.717, 1.165) is 37.2 Å². The molecule has 0 unspecified atom stereocenters. The lowest BCUT2D eigenvalue weighted by molar-refractivity contribution is -0.664. The molecule has 1 heterocycles. The number of nitrogens with one attached hydrogen (secondary N) is 1. The van der Waals surface area contributed by atoms with Gasteiger partial charge in [-0.3, -0.25) is 4.79 Å². The lowest BCUT2D eigenvalue weighted by Crippen LogP contribution is -2.86. The zero-order valence-electron chi connectivity index (χ0n) is 10.8. The van der Waals surface area contributed by atoms with Crippen LogP contribution in [0.5, 0.6) is 5.75 Å². The van der Waals surface area contributed by atoms with Gasteiger partial charge in [-0.25, -0.2) is 0 Å². The Hall–Kier alpha value is -1.55. The van der Waals surface area contributed by atoms with Gasteiger partial charge in [-0.05, 0) is 17.7 Å². The summed E-state index contributed by atoms with van der Waals surface area (Å²) in [6.07, 6.45) is 1.99. The summed E-state index contributed by atoms with van der Waals surface area (Å²) in [5.74, 6) is 1.24. The molecule has 1 aliphatic heterocycles. The van der Waals surface area contributed by atoms with Crippen LogP contribution in [0.2, 0.25) is 0 Å². The van der Waals surface area contributed by atoms with Crippen LogP contribution in [0.15, 0.2) is 24.3 Å². The summed E-state index contributed by atoms with van der Waals surface area (Å²) in [5, 5.41) is 5.28. The predicted octanol–water partition coefficient (Wildman–Crippen LogP) is 0.285. The molecule has 1 amide bonds. The third kappa shape index (κ3) is 3.47. The monoisotopic (exact) mass is 249 g/mol. The molecule has 4 nitrogen and oxygen atoms in total. The van der Waals surface area contributed by atoms with Crippen molar-refractivity contribution in [2.24, 2.45) is 5.92 Å². The molecule has 0 aromatic heterocycles. The number of benzene rings is 1. The minimum absolute atomic E-state index is 0.193. The highest BCUT2D eigenvalue weighted by atomic mass is 16.5. The Bertz CT molecular complexity index is 383. The number of rotatable bonds is 4. The maximum Gasteiger partial charge on any atom is 0.223 e. The van der Waals surface area contributed by atoms with Gasteiger partial charge in [0.1, 0.15) is 5.75 Å². The average Bonchev–Trinajstić information content (AvgIpc) is 2.46. The Morgan fingerprint density at radius 3 is 2.61 bits per heavy atom. The van der Waals surface area contributed by atoms with E-state index in [2.05, 4.69) is 10.6 Å². The summed E-state index contributed by atoms with van der Waals surface area (Å²) in [4.78, 5) is 11.9. The molecule has 0 saturated carbocycles. The molecule has 1 aliphatic rings. The number of methoxy groups -OCH3 is 1. The molecule has 1 aromatic carbocycles. The van der Waals surface area contributed by atoms with Gasteiger partial charge in [-0.2, -0.15) is 0 Å². The number of quaternary nitrogens is 1. The molecule has 2 rings (SSSR count). The van der Waals surface area contributed by atoms with Crippen LogP contribution in [-0.2, 0) is 11.3 Å². The lowest BCUT2D eigenvalue weighted by atomic mass is 9.97. The number of ether oxygens (including phenoxy) is 1. The molecule has 0 atom stereocenters. The van der Waals surface area contributed by atoms with E-state index in [1.807, 2.05) is 24.3 Å². The number of hydrogen-bond donors (Lipinski definition) is 2. The van der Waals surface area contributed by atoms with Crippen LogP contribution in [0.3, 0.4) is 0 Å². The molecular weight excluding hydrogens is 228 g/mol. The van der Waals surface area contributed by atoms with Gasteiger partial charge in [-0.15, -0.1) is 0 Å². The highest BCUT2D eigenvalue weighted by Gasteiger charge is 2.22. The molecule has 0 radical (unpaired) electrons. The fraction of sp³-hybridized carbons (Fsp3) is 0.500. The Morgan fingerprint density at radius 1 is 1.33 bits per heavy atom. The van der Waals surface area contributed by atoms with Gasteiger partial charge in [0.15, 0.2) is 0 Å². The fourth-order valence-corrected chi connectivity index (χ4v) is 2.27. The summed E-state index contributed by atoms with van der Waals surface area (Å²) >= 11 is 0. The van der Waals surface area contributed by atoms with Crippen molar-refractivity contribution in [3.63, 3.8) is 0 Å². The van der Waals surface area contributed by atoms with Crippen LogP contribution in [0.4, 0.5) is 0 Å². The molecule has 18 heavy (non-hydrogen) atoms. The van der Waals surface area contributed by atoms with Crippen molar-refractivity contribution in [1.29, 1.82) is 0 Å². The van der Waals surface area contributed by atoms with Gasteiger partial charge in [-0.1, -0.05) is 12.1 Å². The van der Waals surface area contributed by atoms with E-state index >= 15 is 0 Å². The second-order valence-electron chi connectivity index (χ2n) is 4.71. The molecule has 0 aliphatic carbocycles. The molecule has 1 saturated heterocycles. The topological polar surface area (TPSA) is 54.9 Å². The van der Waals surface area contributed by atoms with Crippen LogP contribution >= 0.6 is 0 Å². The molecule has 0 spiro atoms. The maximum atomic E-state index is 11.9. The second kappa shape index (κ2) is 6.40. The molecule has 0 bridgehead atoms. The highest BCUT2D eigenvalue weighted by Crippen LogP contribution is 2.12. The number of carbonyl (C=O) groups is 1. The maximum absolute atomic E-state index is 11.9. The van der Waals surface area contributed by atoms with E-state index in [1.165, 1.54) is 0 Å². The van der Waals surface area contributed by atoms with Crippen LogP contribution in [0, 0.1) is 5.92 Å². The van der Waals surface area contributed by atoms with Gasteiger partial charge < -0.3 is 15.4 Å². The highest BCUT2D eigenvalue weighted by molar-refractivity contribution is 5.78. The van der Waals surface area contributed by atoms with E-state index in [1.54, 1.807) is 7.11 Å². The summed E-state index contributed by atoms with van der Waals surface area (Å²) in [6, 6.07) is 7.79. The normalized spacial score (nSPS) is 16.3. The Labute approximate surface area is 108 Å². The summed E-state index contributed by atoms with van der Waals surface area (Å²) in [7, 11) is 1.65. The summed E-state index contributed by atoms with van der Waals surface area (Å²) in [5.41, 5.74) is 1.10. The molecule has 4 heteroatoms. The standard InChI is InChI=1S/C14H20N2O2/c1-18-13-4-2-11(3-5-13)10-16-14(17)12-6-8-15-9-7-12/h2-5,12,15H,6-10H2,1H3,(H,16,17)/p+1. The Morgan fingerprint density at radius 2 is 2.00 bits per heavy atom. The number of hydrogen-bond acceptors (Lipinski definition) is 2. The van der Waals surface area contributed by atoms with E-state index < -0.39 is 0 Å². The first kappa shape index (κ1) is 12.9. The van der Waals surface area contributed by atoms with Crippen molar-refractivity contribution in [3.8, 4) is 5.75 Å². The first-order valence-electron chi connectivity index (χ1n) is 6.52. The summed E-state index contributed by atoms with van der Waals surface area (Å²) < 4.78 is 5.10. The van der Waals surface area contributed by atoms with E-state index in [4.69, 9.17) is 4.74 Å². The molecule has 3 N–H and O–H groups in total. The molecule has 98 valence electrons. The largest absolute Gasteiger partial charge is 0.497 e. The van der Waals surface area contributed by atoms with Crippen LogP contribution in [-0.4, -0.2) is 26.1 Å². The predicted molar refractivity (Wildman–Crippen MR) is 69.2 cm³/mol. The lowest BCUT2D eigenvalue weighted by Gasteiger charge is -2.19. The first-order chi connectivity index (χ1) is 8.79. The van der Waals surface area contributed by atoms with Crippen LogP contribution in [0.1, 0.15) is 18.4 Å². The van der Waals surface area contributed by atoms with Gasteiger partial charge in [0.25, 0.3) is 0 Å². The number of piperidine rings is 1. The zero-order chi connectivity index (χ0) is 12.8. The van der Waals surface area contributed by atoms with E-state index in [-0.39, 0.29) is 11.8 Å². The number of amides is 1. The quantitative estimate of drug-likeness (QED) is 0.805. The van der Waals surface area contributed by atoms with Gasteiger partial charge in [0.2, 0.25) is 5.91 Å². The second-order valence-corrected chi connectivity index (χ2v) is 4.71.